The molecule has 0 aromatic carbocycles. The maximum absolute atomic E-state index is 11.5. The summed E-state index contributed by atoms with van der Waals surface area (Å²) in [5.74, 6) is -0.843. The summed E-state index contributed by atoms with van der Waals surface area (Å²) in [6, 6.07) is 2.58. The number of nitrogens with zero attached hydrogens (tertiary/aromatic N) is 1. The Morgan fingerprint density at radius 2 is 2.06 bits per heavy atom. The molecule has 0 saturated carbocycles. The van der Waals surface area contributed by atoms with Crippen LogP contribution in [0.5, 0.6) is 0 Å². The second kappa shape index (κ2) is 5.95. The van der Waals surface area contributed by atoms with Crippen molar-refractivity contribution in [1.29, 1.82) is 0 Å². The van der Waals surface area contributed by atoms with E-state index in [0.29, 0.717) is 5.56 Å². The van der Waals surface area contributed by atoms with Gasteiger partial charge in [0.1, 0.15) is 0 Å². The fourth-order valence-electron chi connectivity index (χ4n) is 1.07. The van der Waals surface area contributed by atoms with E-state index in [1.54, 1.807) is 18.3 Å². The third-order valence-electron chi connectivity index (χ3n) is 2.24. The lowest BCUT2D eigenvalue weighted by Crippen LogP contribution is -2.51. The third-order valence-corrected chi connectivity index (χ3v) is 2.24. The molecule has 0 aliphatic carbocycles. The lowest BCUT2D eigenvalue weighted by atomic mass is 10.1. The number of hydrogen-bond acceptors (Lipinski definition) is 4. The van der Waals surface area contributed by atoms with Crippen LogP contribution < -0.4 is 16.6 Å². The average molecular weight is 236 g/mol. The molecule has 0 aliphatic heterocycles. The zero-order chi connectivity index (χ0) is 12.8. The normalized spacial score (nSPS) is 12.0. The molecule has 1 aromatic rings. The van der Waals surface area contributed by atoms with E-state index in [9.17, 15) is 9.59 Å². The van der Waals surface area contributed by atoms with Gasteiger partial charge in [0.2, 0.25) is 0 Å². The lowest BCUT2D eigenvalue weighted by molar-refractivity contribution is -0.124. The zero-order valence-electron chi connectivity index (χ0n) is 9.81. The predicted molar refractivity (Wildman–Crippen MR) is 62.7 cm³/mol. The minimum absolute atomic E-state index is 0.00490. The molecule has 1 unspecified atom stereocenters. The van der Waals surface area contributed by atoms with Crippen LogP contribution in [0.25, 0.3) is 0 Å². The van der Waals surface area contributed by atoms with E-state index in [4.69, 9.17) is 5.73 Å². The lowest BCUT2D eigenvalue weighted by Gasteiger charge is -2.15. The summed E-state index contributed by atoms with van der Waals surface area (Å²) in [7, 11) is 0. The summed E-state index contributed by atoms with van der Waals surface area (Å²) in [6.45, 7) is 3.65. The van der Waals surface area contributed by atoms with Gasteiger partial charge in [-0.15, -0.1) is 0 Å². The van der Waals surface area contributed by atoms with Gasteiger partial charge in [-0.05, 0) is 18.1 Å². The molecular weight excluding hydrogens is 220 g/mol. The first kappa shape index (κ1) is 13.1. The number of aromatic nitrogens is 1. The summed E-state index contributed by atoms with van der Waals surface area (Å²) in [6.07, 6.45) is 2.97. The van der Waals surface area contributed by atoms with E-state index >= 15 is 0 Å². The molecule has 0 aliphatic rings. The number of nitrogens with one attached hydrogen (secondary N) is 2. The van der Waals surface area contributed by atoms with Crippen molar-refractivity contribution < 1.29 is 9.59 Å². The summed E-state index contributed by atoms with van der Waals surface area (Å²) in [5.41, 5.74) is 10.5. The van der Waals surface area contributed by atoms with Gasteiger partial charge >= 0.3 is 0 Å². The van der Waals surface area contributed by atoms with Gasteiger partial charge in [-0.2, -0.15) is 0 Å². The Morgan fingerprint density at radius 1 is 1.35 bits per heavy atom. The Labute approximate surface area is 99.6 Å². The maximum Gasteiger partial charge on any atom is 0.271 e. The Morgan fingerprint density at radius 3 is 2.59 bits per heavy atom. The standard InChI is InChI=1S/C11H16N4O2/c1-7(2)9(12)11(17)15-14-10(16)8-4-3-5-13-6-8/h3-7,9H,12H2,1-2H3,(H,14,16)(H,15,17). The molecule has 17 heavy (non-hydrogen) atoms. The second-order valence-electron chi connectivity index (χ2n) is 3.95. The molecule has 6 nitrogen and oxygen atoms in total. The van der Waals surface area contributed by atoms with Crippen molar-refractivity contribution in [1.82, 2.24) is 15.8 Å². The Balaban J connectivity index is 2.47. The molecular formula is C11H16N4O2. The van der Waals surface area contributed by atoms with Crippen LogP contribution in [0.1, 0.15) is 24.2 Å². The van der Waals surface area contributed by atoms with E-state index in [1.165, 1.54) is 6.20 Å². The number of pyridine rings is 1. The van der Waals surface area contributed by atoms with Crippen molar-refractivity contribution in [2.24, 2.45) is 11.7 Å². The minimum Gasteiger partial charge on any atom is -0.320 e. The first-order chi connectivity index (χ1) is 8.02. The van der Waals surface area contributed by atoms with E-state index in [2.05, 4.69) is 15.8 Å². The summed E-state index contributed by atoms with van der Waals surface area (Å²) in [5, 5.41) is 0. The fraction of sp³-hybridized carbons (Fsp3) is 0.364. The smallest absolute Gasteiger partial charge is 0.271 e. The number of hydrogen-bond donors (Lipinski definition) is 3. The van der Waals surface area contributed by atoms with Gasteiger partial charge < -0.3 is 5.73 Å². The molecule has 1 heterocycles. The molecule has 2 amide bonds. The van der Waals surface area contributed by atoms with Crippen LogP contribution in [0.3, 0.4) is 0 Å². The van der Waals surface area contributed by atoms with Crippen molar-refractivity contribution in [3.05, 3.63) is 30.1 Å². The van der Waals surface area contributed by atoms with Gasteiger partial charge in [-0.25, -0.2) is 0 Å². The molecule has 0 fully saturated rings. The molecule has 0 bridgehead atoms. The van der Waals surface area contributed by atoms with Crippen LogP contribution in [0.15, 0.2) is 24.5 Å². The highest BCUT2D eigenvalue weighted by molar-refractivity contribution is 5.95. The van der Waals surface area contributed by atoms with Crippen molar-refractivity contribution in [2.75, 3.05) is 0 Å². The van der Waals surface area contributed by atoms with E-state index < -0.39 is 17.9 Å². The topological polar surface area (TPSA) is 97.1 Å². The van der Waals surface area contributed by atoms with E-state index in [0.717, 1.165) is 0 Å². The number of rotatable bonds is 3. The summed E-state index contributed by atoms with van der Waals surface area (Å²) >= 11 is 0. The molecule has 92 valence electrons. The molecule has 4 N–H and O–H groups in total. The van der Waals surface area contributed by atoms with Crippen molar-refractivity contribution in [3.8, 4) is 0 Å². The third kappa shape index (κ3) is 3.84. The van der Waals surface area contributed by atoms with Crippen LogP contribution in [-0.2, 0) is 4.79 Å². The van der Waals surface area contributed by atoms with Gasteiger partial charge in [0.25, 0.3) is 11.8 Å². The Hall–Kier alpha value is -1.95. The first-order valence-electron chi connectivity index (χ1n) is 5.28. The van der Waals surface area contributed by atoms with E-state index in [1.807, 2.05) is 13.8 Å². The minimum atomic E-state index is -0.649. The number of carbonyl (C=O) groups is 2. The zero-order valence-corrected chi connectivity index (χ0v) is 9.81. The molecule has 0 saturated heterocycles. The summed E-state index contributed by atoms with van der Waals surface area (Å²) in [4.78, 5) is 26.8. The Kier molecular flexibility index (Phi) is 4.59. The highest BCUT2D eigenvalue weighted by Crippen LogP contribution is 1.97. The second-order valence-corrected chi connectivity index (χ2v) is 3.95. The van der Waals surface area contributed by atoms with Crippen LogP contribution in [0.4, 0.5) is 0 Å². The highest BCUT2D eigenvalue weighted by atomic mass is 16.2. The predicted octanol–water partition coefficient (Wildman–Crippen LogP) is -0.174. The maximum atomic E-state index is 11.5. The van der Waals surface area contributed by atoms with E-state index in [-0.39, 0.29) is 5.92 Å². The fourth-order valence-corrected chi connectivity index (χ4v) is 1.07. The quantitative estimate of drug-likeness (QED) is 0.634. The van der Waals surface area contributed by atoms with Crippen molar-refractivity contribution >= 4 is 11.8 Å². The highest BCUT2D eigenvalue weighted by Gasteiger charge is 2.17. The molecule has 0 radical (unpaired) electrons. The number of nitrogens with two attached hydrogens (primary N) is 1. The van der Waals surface area contributed by atoms with Gasteiger partial charge in [0.05, 0.1) is 11.6 Å². The molecule has 1 atom stereocenters. The van der Waals surface area contributed by atoms with Gasteiger partial charge in [0.15, 0.2) is 0 Å². The SMILES string of the molecule is CC(C)C(N)C(=O)NNC(=O)c1cccnc1. The molecule has 1 aromatic heterocycles. The first-order valence-corrected chi connectivity index (χ1v) is 5.28. The van der Waals surface area contributed by atoms with Crippen molar-refractivity contribution in [2.45, 2.75) is 19.9 Å². The average Bonchev–Trinajstić information content (AvgIpc) is 2.35. The van der Waals surface area contributed by atoms with Crippen LogP contribution in [0, 0.1) is 5.92 Å². The largest absolute Gasteiger partial charge is 0.320 e. The van der Waals surface area contributed by atoms with Crippen LogP contribution in [-0.4, -0.2) is 22.8 Å². The van der Waals surface area contributed by atoms with Gasteiger partial charge in [-0.3, -0.25) is 25.4 Å². The summed E-state index contributed by atoms with van der Waals surface area (Å²) < 4.78 is 0. The van der Waals surface area contributed by atoms with Crippen LogP contribution in [0.2, 0.25) is 0 Å². The number of carbonyl (C=O) groups excluding carboxylic acids is 2. The molecule has 6 heteroatoms. The van der Waals surface area contributed by atoms with Gasteiger partial charge in [0, 0.05) is 12.4 Å². The molecule has 1 rings (SSSR count). The van der Waals surface area contributed by atoms with Crippen LogP contribution >= 0.6 is 0 Å². The molecule has 0 spiro atoms. The monoisotopic (exact) mass is 236 g/mol. The number of hydrazine groups is 1. The Bertz CT molecular complexity index is 392. The van der Waals surface area contributed by atoms with Gasteiger partial charge in [-0.1, -0.05) is 13.8 Å². The van der Waals surface area contributed by atoms with Crippen molar-refractivity contribution in [3.63, 3.8) is 0 Å². The number of amides is 2.